The van der Waals surface area contributed by atoms with Crippen molar-refractivity contribution < 1.29 is 23.1 Å². The zero-order valence-corrected chi connectivity index (χ0v) is 20.4. The van der Waals surface area contributed by atoms with Crippen LogP contribution >= 0.6 is 23.4 Å². The summed E-state index contributed by atoms with van der Waals surface area (Å²) in [6.45, 7) is 3.38. The van der Waals surface area contributed by atoms with Crippen molar-refractivity contribution in [2.75, 3.05) is 29.2 Å². The number of aromatic nitrogens is 1. The van der Waals surface area contributed by atoms with E-state index in [9.17, 15) is 18.4 Å². The lowest BCUT2D eigenvalue weighted by Gasteiger charge is -2.14. The van der Waals surface area contributed by atoms with E-state index in [-0.39, 0.29) is 35.0 Å². The van der Waals surface area contributed by atoms with Crippen LogP contribution in [0.2, 0.25) is 5.02 Å². The minimum Gasteiger partial charge on any atom is -0.492 e. The molecule has 2 N–H and O–H groups in total. The van der Waals surface area contributed by atoms with Gasteiger partial charge in [-0.25, -0.2) is 13.8 Å². The summed E-state index contributed by atoms with van der Waals surface area (Å²) in [5, 5.41) is 5.47. The zero-order chi connectivity index (χ0) is 25.1. The third-order valence-corrected chi connectivity index (χ3v) is 5.09. The van der Waals surface area contributed by atoms with Gasteiger partial charge in [-0.2, -0.15) is 11.8 Å². The second kappa shape index (κ2) is 13.5. The van der Waals surface area contributed by atoms with Gasteiger partial charge in [0.2, 0.25) is 0 Å². The van der Waals surface area contributed by atoms with Crippen LogP contribution in [0.3, 0.4) is 0 Å². The number of halogens is 3. The molecule has 0 spiro atoms. The highest BCUT2D eigenvalue weighted by Crippen LogP contribution is 2.21. The largest absolute Gasteiger partial charge is 0.492 e. The van der Waals surface area contributed by atoms with Gasteiger partial charge in [0.25, 0.3) is 11.8 Å². The summed E-state index contributed by atoms with van der Waals surface area (Å²) >= 11 is 7.33. The molecule has 0 aliphatic heterocycles. The number of rotatable bonds is 10. The maximum atomic E-state index is 14.1. The Hall–Kier alpha value is -3.17. The number of amides is 2. The Morgan fingerprint density at radius 2 is 2.00 bits per heavy atom. The molecule has 0 atom stereocenters. The fourth-order valence-electron chi connectivity index (χ4n) is 2.60. The molecule has 0 fully saturated rings. The van der Waals surface area contributed by atoms with Crippen molar-refractivity contribution in [3.05, 3.63) is 88.3 Å². The Bertz CT molecular complexity index is 1120. The molecule has 34 heavy (non-hydrogen) atoms. The van der Waals surface area contributed by atoms with Crippen LogP contribution in [0.1, 0.15) is 24.2 Å². The van der Waals surface area contributed by atoms with Gasteiger partial charge in [0.05, 0.1) is 28.5 Å². The molecular formula is C24H24ClF2N3O3S. The van der Waals surface area contributed by atoms with Gasteiger partial charge in [-0.15, -0.1) is 0 Å². The topological polar surface area (TPSA) is 80.3 Å². The van der Waals surface area contributed by atoms with Crippen LogP contribution < -0.4 is 10.6 Å². The summed E-state index contributed by atoms with van der Waals surface area (Å²) in [6.07, 6.45) is 7.09. The minimum atomic E-state index is -0.693. The molecule has 2 amide bonds. The van der Waals surface area contributed by atoms with Gasteiger partial charge in [-0.1, -0.05) is 17.7 Å². The maximum absolute atomic E-state index is 14.1. The Morgan fingerprint density at radius 1 is 1.24 bits per heavy atom. The first kappa shape index (κ1) is 27.1. The summed E-state index contributed by atoms with van der Waals surface area (Å²) in [6, 6.07) is 6.37. The van der Waals surface area contributed by atoms with Gasteiger partial charge < -0.3 is 15.4 Å². The Balaban J connectivity index is 2.32. The number of thioether (sulfide) groups is 1. The number of ether oxygens (including phenoxy) is 1. The van der Waals surface area contributed by atoms with Crippen LogP contribution in [-0.2, 0) is 9.53 Å². The predicted molar refractivity (Wildman–Crippen MR) is 133 cm³/mol. The highest BCUT2D eigenvalue weighted by Gasteiger charge is 2.18. The number of carbonyl (C=O) groups excluding carboxylic acids is 2. The summed E-state index contributed by atoms with van der Waals surface area (Å²) < 4.78 is 33.6. The van der Waals surface area contributed by atoms with E-state index in [1.807, 2.05) is 6.26 Å². The number of hydrogen-bond donors (Lipinski definition) is 2. The lowest BCUT2D eigenvalue weighted by molar-refractivity contribution is -0.113. The first-order chi connectivity index (χ1) is 16.2. The normalized spacial score (nSPS) is 12.4. The van der Waals surface area contributed by atoms with Crippen molar-refractivity contribution in [3.8, 4) is 0 Å². The monoisotopic (exact) mass is 507 g/mol. The molecule has 0 saturated heterocycles. The third-order valence-electron chi connectivity index (χ3n) is 4.29. The lowest BCUT2D eigenvalue weighted by Crippen LogP contribution is -2.20. The van der Waals surface area contributed by atoms with Crippen molar-refractivity contribution in [2.45, 2.75) is 13.8 Å². The molecule has 0 aliphatic rings. The van der Waals surface area contributed by atoms with Crippen LogP contribution in [0.15, 0.2) is 71.9 Å². The van der Waals surface area contributed by atoms with E-state index >= 15 is 0 Å². The minimum absolute atomic E-state index is 0.0422. The molecule has 0 bridgehead atoms. The van der Waals surface area contributed by atoms with E-state index in [4.69, 9.17) is 16.3 Å². The quantitative estimate of drug-likeness (QED) is 0.174. The number of benzene rings is 1. The van der Waals surface area contributed by atoms with E-state index in [1.54, 1.807) is 6.92 Å². The Morgan fingerprint density at radius 3 is 2.65 bits per heavy atom. The molecule has 10 heteroatoms. The van der Waals surface area contributed by atoms with Gasteiger partial charge in [0, 0.05) is 18.0 Å². The summed E-state index contributed by atoms with van der Waals surface area (Å²) in [4.78, 5) is 29.6. The first-order valence-electron chi connectivity index (χ1n) is 10.1. The van der Waals surface area contributed by atoms with Gasteiger partial charge in [-0.05, 0) is 56.5 Å². The average molecular weight is 508 g/mol. The van der Waals surface area contributed by atoms with E-state index in [0.717, 1.165) is 18.2 Å². The van der Waals surface area contributed by atoms with Crippen LogP contribution in [0, 0.1) is 5.82 Å². The molecular weight excluding hydrogens is 484 g/mol. The number of carbonyl (C=O) groups is 2. The molecule has 180 valence electrons. The van der Waals surface area contributed by atoms with Gasteiger partial charge in [0.15, 0.2) is 0 Å². The number of hydrogen-bond acceptors (Lipinski definition) is 5. The van der Waals surface area contributed by atoms with Crippen molar-refractivity contribution in [1.82, 2.24) is 4.98 Å². The highest BCUT2D eigenvalue weighted by atomic mass is 35.5. The van der Waals surface area contributed by atoms with Gasteiger partial charge >= 0.3 is 0 Å². The molecule has 2 aromatic rings. The number of nitrogens with one attached hydrogen (secondary N) is 2. The molecule has 6 nitrogen and oxygen atoms in total. The Labute approximate surface area is 206 Å². The molecule has 1 aromatic heterocycles. The molecule has 1 heterocycles. The first-order valence-corrected chi connectivity index (χ1v) is 11.9. The molecule has 1 aromatic carbocycles. The Kier molecular flexibility index (Phi) is 10.8. The van der Waals surface area contributed by atoms with Crippen molar-refractivity contribution in [1.29, 1.82) is 0 Å². The summed E-state index contributed by atoms with van der Waals surface area (Å²) in [7, 11) is 0. The molecule has 0 saturated carbocycles. The van der Waals surface area contributed by atoms with Crippen molar-refractivity contribution >= 4 is 46.7 Å². The van der Waals surface area contributed by atoms with Crippen molar-refractivity contribution in [3.63, 3.8) is 0 Å². The molecule has 2 rings (SSSR count). The highest BCUT2D eigenvalue weighted by molar-refractivity contribution is 7.98. The average Bonchev–Trinajstić information content (AvgIpc) is 2.80. The number of allylic oxidation sites excluding steroid dienone is 4. The second-order valence-electron chi connectivity index (χ2n) is 6.82. The van der Waals surface area contributed by atoms with Crippen LogP contribution in [0.5, 0.6) is 0 Å². The van der Waals surface area contributed by atoms with E-state index in [0.29, 0.717) is 10.8 Å². The van der Waals surface area contributed by atoms with E-state index < -0.39 is 23.5 Å². The molecule has 0 aliphatic carbocycles. The van der Waals surface area contributed by atoms with Crippen molar-refractivity contribution in [2.24, 2.45) is 0 Å². The van der Waals surface area contributed by atoms with E-state index in [1.165, 1.54) is 55.2 Å². The molecule has 0 unspecified atom stereocenters. The maximum Gasteiger partial charge on any atom is 0.259 e. The lowest BCUT2D eigenvalue weighted by atomic mass is 10.1. The number of pyridine rings is 1. The fourth-order valence-corrected chi connectivity index (χ4v) is 2.96. The zero-order valence-electron chi connectivity index (χ0n) is 18.8. The number of nitrogens with zero attached hydrogens (tertiary/aromatic N) is 1. The SMILES string of the molecule is C\C=C/C(F)=C\C(OCCSC)=C(/C)C(=O)Nc1ccc(F)cc1C(=O)Nc1ccc(Cl)cn1. The molecule has 0 radical (unpaired) electrons. The predicted octanol–water partition coefficient (Wildman–Crippen LogP) is 6.15. The van der Waals surface area contributed by atoms with Gasteiger partial charge in [0.1, 0.15) is 23.2 Å². The summed E-state index contributed by atoms with van der Waals surface area (Å²) in [5.41, 5.74) is 0.00720. The number of anilines is 2. The third kappa shape index (κ3) is 8.31. The van der Waals surface area contributed by atoms with Crippen LogP contribution in [-0.4, -0.2) is 35.4 Å². The van der Waals surface area contributed by atoms with Crippen LogP contribution in [0.25, 0.3) is 0 Å². The second-order valence-corrected chi connectivity index (χ2v) is 8.24. The van der Waals surface area contributed by atoms with E-state index in [2.05, 4.69) is 15.6 Å². The fraction of sp³-hybridized carbons (Fsp3) is 0.208. The van der Waals surface area contributed by atoms with Gasteiger partial charge in [-0.3, -0.25) is 9.59 Å². The summed E-state index contributed by atoms with van der Waals surface area (Å²) in [5.74, 6) is -1.72. The van der Waals surface area contributed by atoms with Crippen LogP contribution in [0.4, 0.5) is 20.3 Å². The smallest absolute Gasteiger partial charge is 0.259 e. The standard InChI is InChI=1S/C24H24ClF2N3O3S/c1-4-5-17(26)13-21(33-10-11-34-3)15(2)23(31)29-20-8-7-18(27)12-19(20)24(32)30-22-9-6-16(25)14-28-22/h4-9,12-14H,10-11H2,1-3H3,(H,29,31)(H,28,30,32)/b5-4-,17-13+,21-15-.